The minimum atomic E-state index is -3.21. The van der Waals surface area contributed by atoms with Crippen molar-refractivity contribution >= 4 is 9.84 Å². The summed E-state index contributed by atoms with van der Waals surface area (Å²) in [5.74, 6) is 4.73. The molecule has 0 spiro atoms. The molecule has 0 aliphatic rings. The fourth-order valence-electron chi connectivity index (χ4n) is 1.42. The summed E-state index contributed by atoms with van der Waals surface area (Å²) in [6.07, 6.45) is 0.334. The number of rotatable bonds is 6. The first kappa shape index (κ1) is 17.5. The van der Waals surface area contributed by atoms with E-state index in [9.17, 15) is 12.8 Å². The molecule has 1 N–H and O–H groups in total. The maximum atomic E-state index is 13.6. The van der Waals surface area contributed by atoms with E-state index < -0.39 is 20.9 Å². The van der Waals surface area contributed by atoms with Gasteiger partial charge in [-0.05, 0) is 32.0 Å². The molecule has 4 nitrogen and oxygen atoms in total. The van der Waals surface area contributed by atoms with Gasteiger partial charge in [-0.25, -0.2) is 12.8 Å². The van der Waals surface area contributed by atoms with Crippen molar-refractivity contribution in [3.8, 4) is 17.6 Å². The summed E-state index contributed by atoms with van der Waals surface area (Å²) in [6.45, 7) is 3.04. The Kier molecular flexibility index (Phi) is 6.66. The molecule has 0 saturated carbocycles. The van der Waals surface area contributed by atoms with Gasteiger partial charge in [0.1, 0.15) is 6.61 Å². The number of sulfone groups is 1. The molecule has 0 amide bonds. The van der Waals surface area contributed by atoms with E-state index in [1.165, 1.54) is 18.2 Å². The normalized spacial score (nSPS) is 11.1. The van der Waals surface area contributed by atoms with Crippen molar-refractivity contribution in [1.82, 2.24) is 0 Å². The van der Waals surface area contributed by atoms with E-state index in [-0.39, 0.29) is 24.7 Å². The summed E-state index contributed by atoms with van der Waals surface area (Å²) in [5.41, 5.74) is 0.548. The van der Waals surface area contributed by atoms with Crippen LogP contribution in [0.2, 0.25) is 0 Å². The van der Waals surface area contributed by atoms with E-state index in [1.807, 2.05) is 0 Å². The molecule has 0 unspecified atom stereocenters. The molecular formula is C15H19FO4S. The summed E-state index contributed by atoms with van der Waals surface area (Å²) in [6, 6.07) is 4.13. The maximum absolute atomic E-state index is 13.6. The molecule has 0 aliphatic heterocycles. The van der Waals surface area contributed by atoms with Crippen LogP contribution < -0.4 is 4.74 Å². The lowest BCUT2D eigenvalue weighted by atomic mass is 10.2. The smallest absolute Gasteiger partial charge is 0.165 e. The lowest BCUT2D eigenvalue weighted by Gasteiger charge is -2.10. The van der Waals surface area contributed by atoms with Crippen LogP contribution in [0.25, 0.3) is 0 Å². The quantitative estimate of drug-likeness (QED) is 0.813. The average Bonchev–Trinajstić information content (AvgIpc) is 2.42. The topological polar surface area (TPSA) is 63.6 Å². The van der Waals surface area contributed by atoms with E-state index in [4.69, 9.17) is 9.84 Å². The molecule has 0 bridgehead atoms. The van der Waals surface area contributed by atoms with Gasteiger partial charge in [0.15, 0.2) is 21.4 Å². The van der Waals surface area contributed by atoms with E-state index in [0.29, 0.717) is 12.0 Å². The van der Waals surface area contributed by atoms with Crippen molar-refractivity contribution in [2.45, 2.75) is 25.5 Å². The van der Waals surface area contributed by atoms with Crippen molar-refractivity contribution < 1.29 is 22.7 Å². The van der Waals surface area contributed by atoms with Gasteiger partial charge in [0.05, 0.1) is 17.6 Å². The van der Waals surface area contributed by atoms with Crippen molar-refractivity contribution in [2.24, 2.45) is 0 Å². The molecule has 0 radical (unpaired) electrons. The highest BCUT2D eigenvalue weighted by atomic mass is 32.2. The fourth-order valence-corrected chi connectivity index (χ4v) is 2.20. The van der Waals surface area contributed by atoms with Crippen LogP contribution in [0.5, 0.6) is 5.75 Å². The molecule has 6 heteroatoms. The predicted molar refractivity (Wildman–Crippen MR) is 79.4 cm³/mol. The third kappa shape index (κ3) is 5.74. The van der Waals surface area contributed by atoms with Crippen LogP contribution in [0.4, 0.5) is 4.39 Å². The monoisotopic (exact) mass is 314 g/mol. The first-order valence-corrected chi connectivity index (χ1v) is 8.32. The van der Waals surface area contributed by atoms with Crippen LogP contribution in [0, 0.1) is 17.7 Å². The predicted octanol–water partition coefficient (Wildman–Crippen LogP) is 1.76. The zero-order valence-electron chi connectivity index (χ0n) is 12.1. The number of halogens is 1. The Bertz CT molecular complexity index is 627. The molecule has 0 heterocycles. The van der Waals surface area contributed by atoms with E-state index in [0.717, 1.165) is 0 Å². The molecule has 0 atom stereocenters. The van der Waals surface area contributed by atoms with Crippen molar-refractivity contribution in [2.75, 3.05) is 19.0 Å². The second-order valence-corrected chi connectivity index (χ2v) is 7.36. The summed E-state index contributed by atoms with van der Waals surface area (Å²) < 4.78 is 42.0. The van der Waals surface area contributed by atoms with Gasteiger partial charge >= 0.3 is 0 Å². The van der Waals surface area contributed by atoms with Crippen molar-refractivity contribution in [1.29, 1.82) is 0 Å². The van der Waals surface area contributed by atoms with Gasteiger partial charge in [0.25, 0.3) is 0 Å². The van der Waals surface area contributed by atoms with Gasteiger partial charge in [-0.3, -0.25) is 0 Å². The minimum Gasteiger partial charge on any atom is -0.489 e. The molecule has 0 aliphatic carbocycles. The Hall–Kier alpha value is -1.58. The maximum Gasteiger partial charge on any atom is 0.165 e. The van der Waals surface area contributed by atoms with E-state index in [1.54, 1.807) is 13.8 Å². The standard InChI is InChI=1S/C15H19FO4S/c1-12(2)21(18,19)10-9-20-15-11-13(5-3-4-8-17)6-7-14(15)16/h6-7,11-12,17H,4,8-10H2,1-2H3. The Labute approximate surface area is 124 Å². The number of aliphatic hydroxyl groups excluding tert-OH is 1. The van der Waals surface area contributed by atoms with Crippen LogP contribution in [0.1, 0.15) is 25.8 Å². The number of hydrogen-bond donors (Lipinski definition) is 1. The molecule has 116 valence electrons. The summed E-state index contributed by atoms with van der Waals surface area (Å²) in [5, 5.41) is 8.15. The highest BCUT2D eigenvalue weighted by Gasteiger charge is 2.16. The second-order valence-electron chi connectivity index (χ2n) is 4.68. The zero-order valence-corrected chi connectivity index (χ0v) is 12.9. The molecule has 0 saturated heterocycles. The van der Waals surface area contributed by atoms with Crippen LogP contribution >= 0.6 is 0 Å². The van der Waals surface area contributed by atoms with Gasteiger partial charge in [-0.1, -0.05) is 11.8 Å². The Morgan fingerprint density at radius 2 is 2.10 bits per heavy atom. The third-order valence-electron chi connectivity index (χ3n) is 2.74. The molecule has 21 heavy (non-hydrogen) atoms. The van der Waals surface area contributed by atoms with Gasteiger partial charge in [0, 0.05) is 12.0 Å². The Morgan fingerprint density at radius 3 is 2.71 bits per heavy atom. The van der Waals surface area contributed by atoms with Crippen molar-refractivity contribution in [3.63, 3.8) is 0 Å². The van der Waals surface area contributed by atoms with Gasteiger partial charge in [0.2, 0.25) is 0 Å². The number of aliphatic hydroxyl groups is 1. The fraction of sp³-hybridized carbons (Fsp3) is 0.467. The molecule has 1 aromatic carbocycles. The number of hydrogen-bond acceptors (Lipinski definition) is 4. The lowest BCUT2D eigenvalue weighted by Crippen LogP contribution is -2.22. The van der Waals surface area contributed by atoms with Gasteiger partial charge in [-0.2, -0.15) is 0 Å². The van der Waals surface area contributed by atoms with Crippen LogP contribution in [0.15, 0.2) is 18.2 Å². The average molecular weight is 314 g/mol. The second kappa shape index (κ2) is 8.01. The molecule has 0 fully saturated rings. The largest absolute Gasteiger partial charge is 0.489 e. The highest BCUT2D eigenvalue weighted by molar-refractivity contribution is 7.91. The van der Waals surface area contributed by atoms with Crippen molar-refractivity contribution in [3.05, 3.63) is 29.6 Å². The Morgan fingerprint density at radius 1 is 1.38 bits per heavy atom. The summed E-state index contributed by atoms with van der Waals surface area (Å²) >= 11 is 0. The first-order chi connectivity index (χ1) is 9.86. The molecule has 1 rings (SSSR count). The summed E-state index contributed by atoms with van der Waals surface area (Å²) in [7, 11) is -3.21. The molecule has 0 aromatic heterocycles. The van der Waals surface area contributed by atoms with E-state index >= 15 is 0 Å². The first-order valence-electron chi connectivity index (χ1n) is 6.60. The van der Waals surface area contributed by atoms with Crippen LogP contribution in [0.3, 0.4) is 0 Å². The highest BCUT2D eigenvalue weighted by Crippen LogP contribution is 2.18. The third-order valence-corrected chi connectivity index (χ3v) is 4.92. The SMILES string of the molecule is CC(C)S(=O)(=O)CCOc1cc(C#CCCO)ccc1F. The number of benzene rings is 1. The summed E-state index contributed by atoms with van der Waals surface area (Å²) in [4.78, 5) is 0. The lowest BCUT2D eigenvalue weighted by molar-refractivity contribution is 0.305. The molecular weight excluding hydrogens is 295 g/mol. The van der Waals surface area contributed by atoms with E-state index in [2.05, 4.69) is 11.8 Å². The van der Waals surface area contributed by atoms with Crippen LogP contribution in [-0.2, 0) is 9.84 Å². The Balaban J connectivity index is 2.71. The number of ether oxygens (including phenoxy) is 1. The van der Waals surface area contributed by atoms with Gasteiger partial charge < -0.3 is 9.84 Å². The molecule has 1 aromatic rings. The zero-order chi connectivity index (χ0) is 15.9. The van der Waals surface area contributed by atoms with Gasteiger partial charge in [-0.15, -0.1) is 0 Å². The van der Waals surface area contributed by atoms with Crippen LogP contribution in [-0.4, -0.2) is 37.7 Å². The minimum absolute atomic E-state index is 0.0234.